The average Bonchev–Trinajstić information content (AvgIpc) is 2.66. The van der Waals surface area contributed by atoms with Crippen LogP contribution >= 0.6 is 11.8 Å². The van der Waals surface area contributed by atoms with Gasteiger partial charge >= 0.3 is 0 Å². The first kappa shape index (κ1) is 19.3. The lowest BCUT2D eigenvalue weighted by atomic mass is 10.2. The minimum Gasteiger partial charge on any atom is -0.325 e. The molecule has 0 fully saturated rings. The van der Waals surface area contributed by atoms with Crippen molar-refractivity contribution in [2.45, 2.75) is 9.92 Å². The number of fused-ring (bicyclic) bond motifs is 1. The van der Waals surface area contributed by atoms with E-state index in [1.807, 2.05) is 36.4 Å². The van der Waals surface area contributed by atoms with Gasteiger partial charge in [-0.25, -0.2) is 17.7 Å². The molecule has 27 heavy (non-hydrogen) atoms. The molecule has 8 heteroatoms. The van der Waals surface area contributed by atoms with Crippen LogP contribution in [0.2, 0.25) is 0 Å². The third kappa shape index (κ3) is 4.65. The summed E-state index contributed by atoms with van der Waals surface area (Å²) in [5.41, 5.74) is 1.44. The van der Waals surface area contributed by atoms with E-state index in [0.717, 1.165) is 20.2 Å². The summed E-state index contributed by atoms with van der Waals surface area (Å²) < 4.78 is 25.2. The lowest BCUT2D eigenvalue weighted by Gasteiger charge is -2.12. The van der Waals surface area contributed by atoms with Gasteiger partial charge in [0.1, 0.15) is 0 Å². The van der Waals surface area contributed by atoms with Crippen molar-refractivity contribution in [1.82, 2.24) is 9.29 Å². The van der Waals surface area contributed by atoms with Crippen LogP contribution in [-0.4, -0.2) is 43.5 Å². The Morgan fingerprint density at radius 1 is 1.04 bits per heavy atom. The molecular formula is C19H19N3O3S2. The smallest absolute Gasteiger partial charge is 0.242 e. The van der Waals surface area contributed by atoms with Crippen LogP contribution in [0.3, 0.4) is 0 Å². The number of nitrogens with one attached hydrogen (secondary N) is 1. The Bertz CT molecular complexity index is 1070. The monoisotopic (exact) mass is 401 g/mol. The van der Waals surface area contributed by atoms with Gasteiger partial charge in [-0.2, -0.15) is 0 Å². The number of aromatic nitrogens is 1. The number of anilines is 1. The van der Waals surface area contributed by atoms with Crippen molar-refractivity contribution >= 4 is 44.3 Å². The molecule has 0 bridgehead atoms. The highest BCUT2D eigenvalue weighted by Gasteiger charge is 2.16. The zero-order valence-corrected chi connectivity index (χ0v) is 16.5. The van der Waals surface area contributed by atoms with Crippen LogP contribution in [0.5, 0.6) is 0 Å². The van der Waals surface area contributed by atoms with Gasteiger partial charge in [0.15, 0.2) is 0 Å². The first-order chi connectivity index (χ1) is 12.9. The minimum atomic E-state index is -3.48. The first-order valence-corrected chi connectivity index (χ1v) is 10.6. The predicted octanol–water partition coefficient (Wildman–Crippen LogP) is 3.22. The maximum Gasteiger partial charge on any atom is 0.242 e. The summed E-state index contributed by atoms with van der Waals surface area (Å²) in [5.74, 6) is 0.0292. The predicted molar refractivity (Wildman–Crippen MR) is 108 cm³/mol. The number of para-hydroxylation sites is 1. The third-order valence-corrected chi connectivity index (χ3v) is 6.60. The van der Waals surface area contributed by atoms with Gasteiger partial charge < -0.3 is 5.32 Å². The second-order valence-corrected chi connectivity index (χ2v) is 9.14. The normalized spacial score (nSPS) is 11.7. The highest BCUT2D eigenvalue weighted by Crippen LogP contribution is 2.21. The van der Waals surface area contributed by atoms with Crippen molar-refractivity contribution in [1.29, 1.82) is 0 Å². The van der Waals surface area contributed by atoms with Gasteiger partial charge in [0, 0.05) is 25.2 Å². The summed E-state index contributed by atoms with van der Waals surface area (Å²) in [6, 6.07) is 17.8. The Morgan fingerprint density at radius 2 is 1.74 bits per heavy atom. The summed E-state index contributed by atoms with van der Waals surface area (Å²) >= 11 is 1.35. The van der Waals surface area contributed by atoms with Crippen LogP contribution in [0.1, 0.15) is 0 Å². The van der Waals surface area contributed by atoms with Crippen molar-refractivity contribution in [3.63, 3.8) is 0 Å². The molecule has 1 N–H and O–H groups in total. The van der Waals surface area contributed by atoms with E-state index in [1.165, 1.54) is 38.0 Å². The van der Waals surface area contributed by atoms with Crippen molar-refractivity contribution in [3.8, 4) is 0 Å². The molecule has 0 aliphatic rings. The Hall–Kier alpha value is -2.42. The Kier molecular flexibility index (Phi) is 5.79. The molecule has 0 aliphatic carbocycles. The molecule has 3 rings (SSSR count). The molecular weight excluding hydrogens is 382 g/mol. The summed E-state index contributed by atoms with van der Waals surface area (Å²) in [5, 5.41) is 4.59. The molecule has 1 aromatic heterocycles. The molecule has 0 saturated carbocycles. The maximum atomic E-state index is 12.2. The number of hydrogen-bond acceptors (Lipinski definition) is 5. The number of carbonyl (C=O) groups is 1. The van der Waals surface area contributed by atoms with Gasteiger partial charge in [0.2, 0.25) is 15.9 Å². The van der Waals surface area contributed by atoms with E-state index in [9.17, 15) is 13.2 Å². The molecule has 0 unspecified atom stereocenters. The second kappa shape index (κ2) is 8.08. The molecule has 1 amide bonds. The van der Waals surface area contributed by atoms with E-state index < -0.39 is 10.0 Å². The number of nitrogens with zero attached hydrogens (tertiary/aromatic N) is 2. The van der Waals surface area contributed by atoms with Crippen molar-refractivity contribution in [2.75, 3.05) is 25.2 Å². The third-order valence-electron chi connectivity index (χ3n) is 3.84. The molecule has 0 atom stereocenters. The van der Waals surface area contributed by atoms with Crippen LogP contribution < -0.4 is 5.32 Å². The molecule has 1 heterocycles. The van der Waals surface area contributed by atoms with Crippen LogP contribution in [-0.2, 0) is 14.8 Å². The number of pyridine rings is 1. The van der Waals surface area contributed by atoms with Gasteiger partial charge in [-0.3, -0.25) is 4.79 Å². The van der Waals surface area contributed by atoms with E-state index in [0.29, 0.717) is 5.69 Å². The first-order valence-electron chi connectivity index (χ1n) is 8.17. The molecule has 0 saturated heterocycles. The Balaban J connectivity index is 1.60. The second-order valence-electron chi connectivity index (χ2n) is 5.99. The summed E-state index contributed by atoms with van der Waals surface area (Å²) in [7, 11) is -0.528. The van der Waals surface area contributed by atoms with E-state index in [2.05, 4.69) is 10.3 Å². The largest absolute Gasteiger partial charge is 0.325 e. The van der Waals surface area contributed by atoms with E-state index in [-0.39, 0.29) is 16.6 Å². The van der Waals surface area contributed by atoms with Crippen molar-refractivity contribution in [3.05, 3.63) is 60.7 Å². The minimum absolute atomic E-state index is 0.181. The van der Waals surface area contributed by atoms with Crippen LogP contribution in [0.25, 0.3) is 10.9 Å². The van der Waals surface area contributed by atoms with E-state index >= 15 is 0 Å². The molecule has 3 aromatic rings. The average molecular weight is 402 g/mol. The summed E-state index contributed by atoms with van der Waals surface area (Å²) in [4.78, 5) is 16.9. The highest BCUT2D eigenvalue weighted by atomic mass is 32.2. The van der Waals surface area contributed by atoms with Gasteiger partial charge in [0.25, 0.3) is 0 Å². The highest BCUT2D eigenvalue weighted by molar-refractivity contribution is 7.99. The fourth-order valence-corrected chi connectivity index (χ4v) is 3.97. The number of hydrogen-bond donors (Lipinski definition) is 1. The Labute approximate surface area is 162 Å². The molecule has 6 nitrogen and oxygen atoms in total. The van der Waals surface area contributed by atoms with Gasteiger partial charge in [0.05, 0.1) is 21.2 Å². The standard InChI is InChI=1S/C19H19N3O3S2/c1-22(2)27(24,25)16-10-8-15(9-11-16)20-18(23)13-26-19-12-7-14-5-3-4-6-17(14)21-19/h3-12H,13H2,1-2H3,(H,20,23). The molecule has 2 aromatic carbocycles. The lowest BCUT2D eigenvalue weighted by Crippen LogP contribution is -2.22. The number of sulfonamides is 1. The molecule has 140 valence electrons. The molecule has 0 spiro atoms. The fraction of sp³-hybridized carbons (Fsp3) is 0.158. The van der Waals surface area contributed by atoms with Gasteiger partial charge in [-0.1, -0.05) is 36.0 Å². The maximum absolute atomic E-state index is 12.2. The van der Waals surface area contributed by atoms with Crippen LogP contribution in [0.4, 0.5) is 5.69 Å². The quantitative estimate of drug-likeness (QED) is 0.642. The molecule has 0 aliphatic heterocycles. The van der Waals surface area contributed by atoms with Crippen molar-refractivity contribution < 1.29 is 13.2 Å². The Morgan fingerprint density at radius 3 is 2.44 bits per heavy atom. The number of thioether (sulfide) groups is 1. The van der Waals surface area contributed by atoms with Gasteiger partial charge in [-0.05, 0) is 36.4 Å². The van der Waals surface area contributed by atoms with Gasteiger partial charge in [-0.15, -0.1) is 0 Å². The summed E-state index contributed by atoms with van der Waals surface area (Å²) in [6.07, 6.45) is 0. The SMILES string of the molecule is CN(C)S(=O)(=O)c1ccc(NC(=O)CSc2ccc3ccccc3n2)cc1. The zero-order valence-electron chi connectivity index (χ0n) is 14.9. The molecule has 0 radical (unpaired) electrons. The van der Waals surface area contributed by atoms with E-state index in [1.54, 1.807) is 12.1 Å². The number of amides is 1. The fourth-order valence-electron chi connectivity index (χ4n) is 2.39. The zero-order chi connectivity index (χ0) is 19.4. The summed E-state index contributed by atoms with van der Waals surface area (Å²) in [6.45, 7) is 0. The van der Waals surface area contributed by atoms with Crippen LogP contribution in [0, 0.1) is 0 Å². The number of rotatable bonds is 6. The lowest BCUT2D eigenvalue weighted by molar-refractivity contribution is -0.113. The van der Waals surface area contributed by atoms with Crippen LogP contribution in [0.15, 0.2) is 70.6 Å². The van der Waals surface area contributed by atoms with E-state index in [4.69, 9.17) is 0 Å². The topological polar surface area (TPSA) is 79.4 Å². The number of benzene rings is 2. The van der Waals surface area contributed by atoms with Crippen molar-refractivity contribution in [2.24, 2.45) is 0 Å². The number of carbonyl (C=O) groups excluding carboxylic acids is 1.